The van der Waals surface area contributed by atoms with Crippen LogP contribution < -0.4 is 16.5 Å². The van der Waals surface area contributed by atoms with Gasteiger partial charge in [-0.05, 0) is 40.2 Å². The molecule has 2 amide bonds. The summed E-state index contributed by atoms with van der Waals surface area (Å²) in [4.78, 5) is 36.4. The highest BCUT2D eigenvalue weighted by Gasteiger charge is 2.13. The molecule has 8 heteroatoms. The molecular formula is C18H17BrN4O3. The van der Waals surface area contributed by atoms with Crippen molar-refractivity contribution >= 4 is 38.8 Å². The standard InChI is InChI=1S/C18H17BrN4O3/c1-22-14-8-4-5-9-15(14)23(18(22)26)11-10-16(24)20-21-17(25)12-6-2-3-7-13(12)19/h2-9H,10-11H2,1H3,(H,20,24)(H,21,25). The van der Waals surface area contributed by atoms with E-state index in [0.29, 0.717) is 10.0 Å². The molecule has 0 radical (unpaired) electrons. The predicted octanol–water partition coefficient (Wildman–Crippen LogP) is 1.95. The van der Waals surface area contributed by atoms with E-state index in [-0.39, 0.29) is 24.6 Å². The molecule has 0 spiro atoms. The number of hydrazine groups is 1. The molecule has 1 heterocycles. The molecule has 3 rings (SSSR count). The zero-order chi connectivity index (χ0) is 18.7. The lowest BCUT2D eigenvalue weighted by Crippen LogP contribution is -2.42. The Hall–Kier alpha value is -2.87. The number of aryl methyl sites for hydroxylation is 2. The topological polar surface area (TPSA) is 85.1 Å². The van der Waals surface area contributed by atoms with Crippen molar-refractivity contribution in [3.8, 4) is 0 Å². The summed E-state index contributed by atoms with van der Waals surface area (Å²) >= 11 is 3.28. The molecule has 134 valence electrons. The molecule has 0 saturated carbocycles. The van der Waals surface area contributed by atoms with Gasteiger partial charge in [0.1, 0.15) is 0 Å². The van der Waals surface area contributed by atoms with Gasteiger partial charge in [0.25, 0.3) is 5.91 Å². The molecule has 2 N–H and O–H groups in total. The second-order valence-corrected chi connectivity index (χ2v) is 6.57. The Morgan fingerprint density at radius 2 is 1.65 bits per heavy atom. The summed E-state index contributed by atoms with van der Waals surface area (Å²) in [5.41, 5.74) is 6.55. The fourth-order valence-electron chi connectivity index (χ4n) is 2.69. The minimum Gasteiger partial charge on any atom is -0.295 e. The highest BCUT2D eigenvalue weighted by atomic mass is 79.9. The van der Waals surface area contributed by atoms with Gasteiger partial charge in [-0.2, -0.15) is 0 Å². The van der Waals surface area contributed by atoms with Gasteiger partial charge in [-0.15, -0.1) is 0 Å². The third kappa shape index (κ3) is 3.55. The van der Waals surface area contributed by atoms with Crippen LogP contribution in [0.1, 0.15) is 16.8 Å². The number of carbonyl (C=O) groups is 2. The molecule has 0 aliphatic heterocycles. The average molecular weight is 417 g/mol. The van der Waals surface area contributed by atoms with E-state index in [4.69, 9.17) is 0 Å². The molecule has 0 saturated heterocycles. The summed E-state index contributed by atoms with van der Waals surface area (Å²) in [6.07, 6.45) is 0.0597. The third-order valence-electron chi connectivity index (χ3n) is 4.05. The molecule has 1 aromatic heterocycles. The van der Waals surface area contributed by atoms with Crippen LogP contribution >= 0.6 is 15.9 Å². The first-order valence-corrected chi connectivity index (χ1v) is 8.76. The summed E-state index contributed by atoms with van der Waals surface area (Å²) in [5, 5.41) is 0. The van der Waals surface area contributed by atoms with E-state index in [9.17, 15) is 14.4 Å². The van der Waals surface area contributed by atoms with Crippen LogP contribution in [0.4, 0.5) is 0 Å². The fourth-order valence-corrected chi connectivity index (χ4v) is 3.16. The molecule has 0 unspecified atom stereocenters. The van der Waals surface area contributed by atoms with Crippen molar-refractivity contribution in [1.29, 1.82) is 0 Å². The second-order valence-electron chi connectivity index (χ2n) is 5.71. The number of nitrogens with one attached hydrogen (secondary N) is 2. The van der Waals surface area contributed by atoms with Crippen LogP contribution in [0.3, 0.4) is 0 Å². The van der Waals surface area contributed by atoms with Gasteiger partial charge in [-0.1, -0.05) is 24.3 Å². The number of hydrogen-bond donors (Lipinski definition) is 2. The molecule has 0 aliphatic carbocycles. The minimum absolute atomic E-state index is 0.0597. The maximum absolute atomic E-state index is 12.3. The Labute approximate surface area is 157 Å². The van der Waals surface area contributed by atoms with Crippen LogP contribution in [0.5, 0.6) is 0 Å². The van der Waals surface area contributed by atoms with Crippen LogP contribution in [0.15, 0.2) is 57.8 Å². The SMILES string of the molecule is Cn1c(=O)n(CCC(=O)NNC(=O)c2ccccc2Br)c2ccccc21. The molecule has 7 nitrogen and oxygen atoms in total. The van der Waals surface area contributed by atoms with Gasteiger partial charge in [-0.25, -0.2) is 4.79 Å². The largest absolute Gasteiger partial charge is 0.328 e. The smallest absolute Gasteiger partial charge is 0.295 e. The summed E-state index contributed by atoms with van der Waals surface area (Å²) in [7, 11) is 1.69. The van der Waals surface area contributed by atoms with E-state index in [2.05, 4.69) is 26.8 Å². The molecule has 3 aromatic rings. The molecular weight excluding hydrogens is 400 g/mol. The van der Waals surface area contributed by atoms with Gasteiger partial charge in [0.15, 0.2) is 0 Å². The summed E-state index contributed by atoms with van der Waals surface area (Å²) in [5.74, 6) is -0.807. The third-order valence-corrected chi connectivity index (χ3v) is 4.74. The first-order chi connectivity index (χ1) is 12.5. The Balaban J connectivity index is 1.62. The number of hydrogen-bond acceptors (Lipinski definition) is 3. The minimum atomic E-state index is -0.423. The summed E-state index contributed by atoms with van der Waals surface area (Å²) < 4.78 is 3.72. The van der Waals surface area contributed by atoms with Crippen LogP contribution in [0, 0.1) is 0 Å². The average Bonchev–Trinajstić information content (AvgIpc) is 2.89. The summed E-state index contributed by atoms with van der Waals surface area (Å²) in [6, 6.07) is 14.3. The molecule has 2 aromatic carbocycles. The Bertz CT molecular complexity index is 1040. The Kier molecular flexibility index (Phi) is 5.22. The molecule has 0 fully saturated rings. The van der Waals surface area contributed by atoms with Crippen molar-refractivity contribution in [3.63, 3.8) is 0 Å². The number of carbonyl (C=O) groups excluding carboxylic acids is 2. The highest BCUT2D eigenvalue weighted by molar-refractivity contribution is 9.10. The van der Waals surface area contributed by atoms with Crippen molar-refractivity contribution in [3.05, 3.63) is 69.1 Å². The van der Waals surface area contributed by atoms with Gasteiger partial charge in [0.2, 0.25) is 5.91 Å². The Morgan fingerprint density at radius 1 is 1.00 bits per heavy atom. The highest BCUT2D eigenvalue weighted by Crippen LogP contribution is 2.15. The molecule has 26 heavy (non-hydrogen) atoms. The first kappa shape index (κ1) is 17.9. The van der Waals surface area contributed by atoms with Gasteiger partial charge >= 0.3 is 5.69 Å². The van der Waals surface area contributed by atoms with Crippen LogP contribution in [-0.4, -0.2) is 20.9 Å². The fraction of sp³-hybridized carbons (Fsp3) is 0.167. The van der Waals surface area contributed by atoms with Crippen molar-refractivity contribution in [2.75, 3.05) is 0 Å². The molecule has 0 bridgehead atoms. The number of halogens is 1. The van der Waals surface area contributed by atoms with Crippen molar-refractivity contribution in [2.45, 2.75) is 13.0 Å². The predicted molar refractivity (Wildman–Crippen MR) is 102 cm³/mol. The number of para-hydroxylation sites is 2. The lowest BCUT2D eigenvalue weighted by molar-refractivity contribution is -0.122. The zero-order valence-electron chi connectivity index (χ0n) is 14.0. The number of benzene rings is 2. The number of imidazole rings is 1. The van der Waals surface area contributed by atoms with Crippen molar-refractivity contribution in [2.24, 2.45) is 7.05 Å². The lowest BCUT2D eigenvalue weighted by atomic mass is 10.2. The maximum Gasteiger partial charge on any atom is 0.328 e. The molecule has 0 aliphatic rings. The second kappa shape index (κ2) is 7.57. The quantitative estimate of drug-likeness (QED) is 0.637. The maximum atomic E-state index is 12.3. The number of amides is 2. The monoisotopic (exact) mass is 416 g/mol. The normalized spacial score (nSPS) is 10.7. The van der Waals surface area contributed by atoms with E-state index < -0.39 is 5.91 Å². The number of aromatic nitrogens is 2. The number of rotatable bonds is 4. The van der Waals surface area contributed by atoms with Crippen molar-refractivity contribution in [1.82, 2.24) is 20.0 Å². The van der Waals surface area contributed by atoms with E-state index in [1.165, 1.54) is 0 Å². The number of nitrogens with zero attached hydrogens (tertiary/aromatic N) is 2. The van der Waals surface area contributed by atoms with Gasteiger partial charge < -0.3 is 0 Å². The van der Waals surface area contributed by atoms with E-state index in [1.54, 1.807) is 40.4 Å². The summed E-state index contributed by atoms with van der Waals surface area (Å²) in [6.45, 7) is 0.219. The molecule has 0 atom stereocenters. The van der Waals surface area contributed by atoms with Gasteiger partial charge in [0.05, 0.1) is 16.6 Å². The van der Waals surface area contributed by atoms with Gasteiger partial charge in [0, 0.05) is 24.5 Å². The van der Waals surface area contributed by atoms with Crippen molar-refractivity contribution < 1.29 is 9.59 Å². The van der Waals surface area contributed by atoms with Gasteiger partial charge in [-0.3, -0.25) is 29.6 Å². The zero-order valence-corrected chi connectivity index (χ0v) is 15.6. The van der Waals surface area contributed by atoms with Crippen LogP contribution in [0.25, 0.3) is 11.0 Å². The van der Waals surface area contributed by atoms with Crippen LogP contribution in [-0.2, 0) is 18.4 Å². The van der Waals surface area contributed by atoms with Crippen LogP contribution in [0.2, 0.25) is 0 Å². The van der Waals surface area contributed by atoms with E-state index in [0.717, 1.165) is 11.0 Å². The lowest BCUT2D eigenvalue weighted by Gasteiger charge is -2.09. The first-order valence-electron chi connectivity index (χ1n) is 7.97. The van der Waals surface area contributed by atoms with E-state index >= 15 is 0 Å². The van der Waals surface area contributed by atoms with E-state index in [1.807, 2.05) is 24.3 Å². The number of fused-ring (bicyclic) bond motifs is 1. The Morgan fingerprint density at radius 3 is 2.38 bits per heavy atom.